The number of benzene rings is 3. The van der Waals surface area contributed by atoms with E-state index in [2.05, 4.69) is 5.32 Å². The van der Waals surface area contributed by atoms with Gasteiger partial charge in [0, 0.05) is 41.3 Å². The van der Waals surface area contributed by atoms with Crippen molar-refractivity contribution < 1.29 is 23.0 Å². The summed E-state index contributed by atoms with van der Waals surface area (Å²) in [5.41, 5.74) is 3.94. The quantitative estimate of drug-likeness (QED) is 0.580. The summed E-state index contributed by atoms with van der Waals surface area (Å²) in [7, 11) is 0. The second-order valence-corrected chi connectivity index (χ2v) is 8.16. The van der Waals surface area contributed by atoms with E-state index < -0.39 is 11.6 Å². The van der Waals surface area contributed by atoms with Crippen molar-refractivity contribution in [2.24, 2.45) is 0 Å². The van der Waals surface area contributed by atoms with Gasteiger partial charge in [-0.15, -0.1) is 0 Å². The van der Waals surface area contributed by atoms with Gasteiger partial charge in [-0.2, -0.15) is 0 Å². The molecule has 0 spiro atoms. The van der Waals surface area contributed by atoms with Crippen molar-refractivity contribution in [3.63, 3.8) is 0 Å². The number of ether oxygens (including phenoxy) is 2. The molecule has 0 unspecified atom stereocenters. The Hall–Kier alpha value is -3.25. The fourth-order valence-corrected chi connectivity index (χ4v) is 4.37. The average Bonchev–Trinajstić information content (AvgIpc) is 2.94. The third-order valence-corrected chi connectivity index (χ3v) is 6.04. The van der Waals surface area contributed by atoms with Crippen LogP contribution in [0.25, 0.3) is 0 Å². The number of hydrogen-bond acceptors (Lipinski definition) is 4. The Kier molecular flexibility index (Phi) is 5.62. The lowest BCUT2D eigenvalue weighted by Gasteiger charge is -2.25. The number of carbonyl (C=O) groups is 1. The van der Waals surface area contributed by atoms with Crippen molar-refractivity contribution in [1.29, 1.82) is 0 Å². The molecule has 1 N–H and O–H groups in total. The summed E-state index contributed by atoms with van der Waals surface area (Å²) >= 11 is 0. The van der Waals surface area contributed by atoms with Gasteiger partial charge in [-0.3, -0.25) is 4.79 Å². The first-order valence-electron chi connectivity index (χ1n) is 10.8. The van der Waals surface area contributed by atoms with Crippen molar-refractivity contribution in [3.05, 3.63) is 88.5 Å². The third-order valence-electron chi connectivity index (χ3n) is 6.04. The molecular formula is C26H23F2NO3. The Labute approximate surface area is 185 Å². The maximum atomic E-state index is 14.0. The van der Waals surface area contributed by atoms with Crippen LogP contribution in [0.1, 0.15) is 39.9 Å². The Morgan fingerprint density at radius 3 is 2.59 bits per heavy atom. The van der Waals surface area contributed by atoms with Crippen LogP contribution in [0, 0.1) is 11.6 Å². The lowest BCUT2D eigenvalue weighted by molar-refractivity contribution is 0.0251. The molecule has 1 heterocycles. The lowest BCUT2D eigenvalue weighted by atomic mass is 9.98. The molecule has 0 atom stereocenters. The molecule has 2 aliphatic rings. The van der Waals surface area contributed by atoms with Crippen LogP contribution in [0.15, 0.2) is 54.6 Å². The molecule has 0 saturated carbocycles. The minimum Gasteiger partial charge on any atom is -0.490 e. The van der Waals surface area contributed by atoms with Crippen LogP contribution < -0.4 is 10.1 Å². The Morgan fingerprint density at radius 2 is 1.78 bits per heavy atom. The van der Waals surface area contributed by atoms with Gasteiger partial charge in [0.05, 0.1) is 18.9 Å². The van der Waals surface area contributed by atoms with Gasteiger partial charge in [-0.1, -0.05) is 12.1 Å². The molecule has 0 aromatic heterocycles. The Bertz CT molecular complexity index is 1170. The maximum Gasteiger partial charge on any atom is 0.193 e. The number of rotatable bonds is 4. The van der Waals surface area contributed by atoms with Crippen LogP contribution in [0.5, 0.6) is 5.75 Å². The van der Waals surface area contributed by atoms with E-state index in [1.54, 1.807) is 12.1 Å². The topological polar surface area (TPSA) is 47.6 Å². The maximum absolute atomic E-state index is 14.0. The molecule has 3 aromatic rings. The van der Waals surface area contributed by atoms with Gasteiger partial charge in [0.2, 0.25) is 0 Å². The van der Waals surface area contributed by atoms with E-state index in [0.717, 1.165) is 35.8 Å². The van der Waals surface area contributed by atoms with Crippen molar-refractivity contribution in [2.75, 3.05) is 18.5 Å². The van der Waals surface area contributed by atoms with Gasteiger partial charge in [0.15, 0.2) is 5.78 Å². The molecule has 0 bridgehead atoms. The largest absolute Gasteiger partial charge is 0.490 e. The molecule has 0 amide bonds. The van der Waals surface area contributed by atoms with Crippen molar-refractivity contribution in [1.82, 2.24) is 0 Å². The van der Waals surface area contributed by atoms with Gasteiger partial charge in [0.1, 0.15) is 23.5 Å². The van der Waals surface area contributed by atoms with E-state index in [9.17, 15) is 13.6 Å². The zero-order chi connectivity index (χ0) is 22.1. The predicted octanol–water partition coefficient (Wildman–Crippen LogP) is 5.60. The first kappa shape index (κ1) is 20.6. The van der Waals surface area contributed by atoms with Gasteiger partial charge in [-0.25, -0.2) is 8.78 Å². The summed E-state index contributed by atoms with van der Waals surface area (Å²) in [4.78, 5) is 13.3. The minimum atomic E-state index is -0.668. The molecule has 0 radical (unpaired) electrons. The van der Waals surface area contributed by atoms with Gasteiger partial charge in [-0.05, 0) is 54.8 Å². The number of ketones is 1. The second kappa shape index (κ2) is 8.71. The summed E-state index contributed by atoms with van der Waals surface area (Å²) in [6, 6.07) is 14.4. The van der Waals surface area contributed by atoms with Crippen LogP contribution in [0.3, 0.4) is 0 Å². The van der Waals surface area contributed by atoms with E-state index in [-0.39, 0.29) is 17.6 Å². The van der Waals surface area contributed by atoms with Gasteiger partial charge in [0.25, 0.3) is 0 Å². The van der Waals surface area contributed by atoms with Crippen LogP contribution in [0.4, 0.5) is 20.2 Å². The van der Waals surface area contributed by atoms with E-state index in [0.29, 0.717) is 42.9 Å². The van der Waals surface area contributed by atoms with E-state index >= 15 is 0 Å². The lowest BCUT2D eigenvalue weighted by Crippen LogP contribution is -2.26. The summed E-state index contributed by atoms with van der Waals surface area (Å²) < 4.78 is 38.9. The highest BCUT2D eigenvalue weighted by Crippen LogP contribution is 2.33. The zero-order valence-electron chi connectivity index (χ0n) is 17.5. The third kappa shape index (κ3) is 4.10. The normalized spacial score (nSPS) is 16.1. The number of fused-ring (bicyclic) bond motifs is 2. The Balaban J connectivity index is 1.42. The molecule has 6 heteroatoms. The second-order valence-electron chi connectivity index (χ2n) is 8.16. The predicted molar refractivity (Wildman–Crippen MR) is 118 cm³/mol. The summed E-state index contributed by atoms with van der Waals surface area (Å²) in [6.45, 7) is 1.38. The number of anilines is 2. The van der Waals surface area contributed by atoms with Crippen molar-refractivity contribution in [2.45, 2.75) is 31.8 Å². The molecule has 4 nitrogen and oxygen atoms in total. The van der Waals surface area contributed by atoms with Gasteiger partial charge >= 0.3 is 0 Å². The summed E-state index contributed by atoms with van der Waals surface area (Å²) in [5, 5.41) is 2.98. The number of aryl methyl sites for hydroxylation is 1. The fourth-order valence-electron chi connectivity index (χ4n) is 4.37. The summed E-state index contributed by atoms with van der Waals surface area (Å²) in [5.74, 6) is -0.567. The average molecular weight is 435 g/mol. The molecule has 1 fully saturated rings. The van der Waals surface area contributed by atoms with Crippen LogP contribution in [-0.2, 0) is 17.6 Å². The monoisotopic (exact) mass is 435 g/mol. The van der Waals surface area contributed by atoms with Gasteiger partial charge < -0.3 is 14.8 Å². The first-order valence-corrected chi connectivity index (χ1v) is 10.8. The van der Waals surface area contributed by atoms with E-state index in [1.807, 2.05) is 24.3 Å². The SMILES string of the molecule is O=C1c2ccc(Nc3ccc(F)cc3F)cc2CCc2c(OC3CCOCC3)cccc21. The molecule has 1 aliphatic heterocycles. The van der Waals surface area contributed by atoms with Crippen LogP contribution in [0.2, 0.25) is 0 Å². The number of nitrogens with one attached hydrogen (secondary N) is 1. The van der Waals surface area contributed by atoms with E-state index in [4.69, 9.17) is 9.47 Å². The van der Waals surface area contributed by atoms with Crippen molar-refractivity contribution >= 4 is 17.2 Å². The highest BCUT2D eigenvalue weighted by Gasteiger charge is 2.25. The highest BCUT2D eigenvalue weighted by molar-refractivity contribution is 6.11. The molecule has 1 aliphatic carbocycles. The minimum absolute atomic E-state index is 0.0376. The highest BCUT2D eigenvalue weighted by atomic mass is 19.1. The smallest absolute Gasteiger partial charge is 0.193 e. The van der Waals surface area contributed by atoms with Crippen LogP contribution in [-0.4, -0.2) is 25.1 Å². The molecule has 164 valence electrons. The number of hydrogen-bond donors (Lipinski definition) is 1. The first-order chi connectivity index (χ1) is 15.6. The molecule has 32 heavy (non-hydrogen) atoms. The summed E-state index contributed by atoms with van der Waals surface area (Å²) in [6.07, 6.45) is 3.10. The molecule has 5 rings (SSSR count). The standard InChI is InChI=1S/C26H23F2NO3/c27-17-5-9-24(23(28)15-17)29-18-6-8-20-16(14-18)4-7-21-22(26(20)30)2-1-3-25(21)32-19-10-12-31-13-11-19/h1-3,5-6,8-9,14-15,19,29H,4,7,10-13H2. The molecular weight excluding hydrogens is 412 g/mol. The number of halogens is 2. The fraction of sp³-hybridized carbons (Fsp3) is 0.269. The zero-order valence-corrected chi connectivity index (χ0v) is 17.5. The number of carbonyl (C=O) groups excluding carboxylic acids is 1. The van der Waals surface area contributed by atoms with Crippen LogP contribution >= 0.6 is 0 Å². The molecule has 3 aromatic carbocycles. The van der Waals surface area contributed by atoms with Crippen molar-refractivity contribution in [3.8, 4) is 5.75 Å². The Morgan fingerprint density at radius 1 is 0.938 bits per heavy atom. The molecule has 1 saturated heterocycles. The van der Waals surface area contributed by atoms with E-state index in [1.165, 1.54) is 12.1 Å².